The SMILES string of the molecule is O=C(CCNC(=O)c1ccc([N+](=O)[O-])cc1)Nc1nc2ccc(C(F)(F)F)cc2[nH]1. The van der Waals surface area contributed by atoms with E-state index in [0.717, 1.165) is 12.1 Å². The van der Waals surface area contributed by atoms with Crippen LogP contribution in [0.4, 0.5) is 24.8 Å². The summed E-state index contributed by atoms with van der Waals surface area (Å²) in [6.45, 7) is -0.0277. The van der Waals surface area contributed by atoms with E-state index in [1.165, 1.54) is 30.3 Å². The third-order valence-corrected chi connectivity index (χ3v) is 4.04. The van der Waals surface area contributed by atoms with Gasteiger partial charge in [0.15, 0.2) is 0 Å². The number of H-pyrrole nitrogens is 1. The number of rotatable bonds is 6. The first kappa shape index (κ1) is 20.8. The molecule has 1 aromatic heterocycles. The summed E-state index contributed by atoms with van der Waals surface area (Å²) in [6, 6.07) is 7.93. The Morgan fingerprint density at radius 3 is 2.47 bits per heavy atom. The molecule has 0 aliphatic rings. The van der Waals surface area contributed by atoms with E-state index in [1.807, 2.05) is 0 Å². The molecule has 0 aliphatic carbocycles. The fourth-order valence-electron chi connectivity index (χ4n) is 2.57. The number of non-ortho nitro benzene ring substituents is 1. The van der Waals surface area contributed by atoms with Gasteiger partial charge in [0.2, 0.25) is 11.9 Å². The highest BCUT2D eigenvalue weighted by Crippen LogP contribution is 2.31. The van der Waals surface area contributed by atoms with Crippen LogP contribution in [0.15, 0.2) is 42.5 Å². The smallest absolute Gasteiger partial charge is 0.352 e. The molecule has 3 rings (SSSR count). The van der Waals surface area contributed by atoms with Gasteiger partial charge in [0.25, 0.3) is 11.6 Å². The van der Waals surface area contributed by atoms with Crippen molar-refractivity contribution in [2.45, 2.75) is 12.6 Å². The lowest BCUT2D eigenvalue weighted by molar-refractivity contribution is -0.384. The quantitative estimate of drug-likeness (QED) is 0.416. The number of nitrogens with zero attached hydrogens (tertiary/aromatic N) is 2. The summed E-state index contributed by atoms with van der Waals surface area (Å²) in [4.78, 5) is 40.5. The predicted molar refractivity (Wildman–Crippen MR) is 99.8 cm³/mol. The van der Waals surface area contributed by atoms with Crippen LogP contribution >= 0.6 is 0 Å². The van der Waals surface area contributed by atoms with Gasteiger partial charge in [0.1, 0.15) is 0 Å². The Hall–Kier alpha value is -3.96. The molecule has 0 bridgehead atoms. The summed E-state index contributed by atoms with van der Waals surface area (Å²) in [7, 11) is 0. The summed E-state index contributed by atoms with van der Waals surface area (Å²) < 4.78 is 38.2. The van der Waals surface area contributed by atoms with Gasteiger partial charge in [-0.2, -0.15) is 13.2 Å². The molecular weight excluding hydrogens is 407 g/mol. The normalized spacial score (nSPS) is 11.3. The highest BCUT2D eigenvalue weighted by atomic mass is 19.4. The number of carbonyl (C=O) groups excluding carboxylic acids is 2. The van der Waals surface area contributed by atoms with Crippen LogP contribution in [0.25, 0.3) is 11.0 Å². The molecule has 156 valence electrons. The molecule has 0 spiro atoms. The number of nitrogens with one attached hydrogen (secondary N) is 3. The maximum atomic E-state index is 12.7. The number of aromatic amines is 1. The average molecular weight is 421 g/mol. The maximum Gasteiger partial charge on any atom is 0.416 e. The zero-order valence-electron chi connectivity index (χ0n) is 15.1. The molecule has 1 heterocycles. The number of imidazole rings is 1. The molecule has 2 amide bonds. The molecule has 30 heavy (non-hydrogen) atoms. The lowest BCUT2D eigenvalue weighted by atomic mass is 10.2. The molecule has 0 radical (unpaired) electrons. The van der Waals surface area contributed by atoms with Crippen LogP contribution in [0.1, 0.15) is 22.3 Å². The van der Waals surface area contributed by atoms with E-state index in [9.17, 15) is 32.9 Å². The Kier molecular flexibility index (Phi) is 5.67. The van der Waals surface area contributed by atoms with Gasteiger partial charge in [0, 0.05) is 30.7 Å². The van der Waals surface area contributed by atoms with E-state index < -0.39 is 28.5 Å². The van der Waals surface area contributed by atoms with E-state index in [4.69, 9.17) is 0 Å². The van der Waals surface area contributed by atoms with Gasteiger partial charge in [-0.1, -0.05) is 0 Å². The number of benzene rings is 2. The van der Waals surface area contributed by atoms with Gasteiger partial charge < -0.3 is 10.3 Å². The molecule has 0 saturated heterocycles. The topological polar surface area (TPSA) is 130 Å². The molecular formula is C18H14F3N5O4. The lowest BCUT2D eigenvalue weighted by Crippen LogP contribution is -2.27. The van der Waals surface area contributed by atoms with Crippen molar-refractivity contribution in [2.24, 2.45) is 0 Å². The number of hydrogen-bond acceptors (Lipinski definition) is 5. The van der Waals surface area contributed by atoms with Crippen molar-refractivity contribution in [1.29, 1.82) is 0 Å². The second-order valence-corrected chi connectivity index (χ2v) is 6.17. The van der Waals surface area contributed by atoms with E-state index >= 15 is 0 Å². The number of carbonyl (C=O) groups is 2. The number of anilines is 1. The van der Waals surface area contributed by atoms with Crippen LogP contribution in [0.5, 0.6) is 0 Å². The molecule has 0 aliphatic heterocycles. The Bertz CT molecular complexity index is 1110. The summed E-state index contributed by atoms with van der Waals surface area (Å²) >= 11 is 0. The lowest BCUT2D eigenvalue weighted by Gasteiger charge is -2.05. The van der Waals surface area contributed by atoms with Gasteiger partial charge in [-0.15, -0.1) is 0 Å². The number of alkyl halides is 3. The molecule has 0 atom stereocenters. The van der Waals surface area contributed by atoms with Gasteiger partial charge in [-0.05, 0) is 30.3 Å². The Balaban J connectivity index is 1.53. The molecule has 0 saturated carbocycles. The standard InChI is InChI=1S/C18H14F3N5O4/c19-18(20,21)11-3-6-13-14(9-11)24-17(23-13)25-15(27)7-8-22-16(28)10-1-4-12(5-2-10)26(29)30/h1-6,9H,7-8H2,(H,22,28)(H2,23,24,25,27). The minimum absolute atomic E-state index is 0.0176. The molecule has 3 N–H and O–H groups in total. The zero-order valence-corrected chi connectivity index (χ0v) is 15.1. The number of fused-ring (bicyclic) bond motifs is 1. The third kappa shape index (κ3) is 4.90. The van der Waals surface area contributed by atoms with Crippen LogP contribution in [0.2, 0.25) is 0 Å². The zero-order chi connectivity index (χ0) is 21.9. The van der Waals surface area contributed by atoms with Crippen LogP contribution in [0, 0.1) is 10.1 Å². The van der Waals surface area contributed by atoms with Gasteiger partial charge in [-0.3, -0.25) is 25.0 Å². The first-order valence-electron chi connectivity index (χ1n) is 8.53. The maximum absolute atomic E-state index is 12.7. The Morgan fingerprint density at radius 2 is 1.83 bits per heavy atom. The van der Waals surface area contributed by atoms with E-state index in [1.54, 1.807) is 0 Å². The van der Waals surface area contributed by atoms with Crippen LogP contribution in [-0.2, 0) is 11.0 Å². The second-order valence-electron chi connectivity index (χ2n) is 6.17. The van der Waals surface area contributed by atoms with Crippen molar-refractivity contribution < 1.29 is 27.7 Å². The Morgan fingerprint density at radius 1 is 1.13 bits per heavy atom. The van der Waals surface area contributed by atoms with Crippen LogP contribution in [-0.4, -0.2) is 33.3 Å². The fourth-order valence-corrected chi connectivity index (χ4v) is 2.57. The summed E-state index contributed by atoms with van der Waals surface area (Å²) in [5.41, 5.74) is -0.431. The predicted octanol–water partition coefficient (Wildman–Crippen LogP) is 3.25. The summed E-state index contributed by atoms with van der Waals surface area (Å²) in [5, 5.41) is 15.5. The minimum Gasteiger partial charge on any atom is -0.352 e. The number of amides is 2. The van der Waals surface area contributed by atoms with Gasteiger partial charge >= 0.3 is 6.18 Å². The van der Waals surface area contributed by atoms with Crippen molar-refractivity contribution in [3.05, 3.63) is 63.7 Å². The number of aromatic nitrogens is 2. The minimum atomic E-state index is -4.50. The van der Waals surface area contributed by atoms with E-state index in [2.05, 4.69) is 20.6 Å². The largest absolute Gasteiger partial charge is 0.416 e. The Labute approximate surface area is 166 Å². The molecule has 0 unspecified atom stereocenters. The van der Waals surface area contributed by atoms with Crippen LogP contribution < -0.4 is 10.6 Å². The van der Waals surface area contributed by atoms with Crippen molar-refractivity contribution in [1.82, 2.24) is 15.3 Å². The van der Waals surface area contributed by atoms with Crippen molar-refractivity contribution in [3.8, 4) is 0 Å². The monoisotopic (exact) mass is 421 g/mol. The van der Waals surface area contributed by atoms with E-state index in [0.29, 0.717) is 0 Å². The van der Waals surface area contributed by atoms with Gasteiger partial charge in [0.05, 0.1) is 21.5 Å². The molecule has 2 aromatic carbocycles. The molecule has 0 fully saturated rings. The van der Waals surface area contributed by atoms with Gasteiger partial charge in [-0.25, -0.2) is 4.98 Å². The molecule has 12 heteroatoms. The average Bonchev–Trinajstić information content (AvgIpc) is 3.08. The van der Waals surface area contributed by atoms with Crippen molar-refractivity contribution in [2.75, 3.05) is 11.9 Å². The number of nitro groups is 1. The molecule has 9 nitrogen and oxygen atoms in total. The first-order valence-corrected chi connectivity index (χ1v) is 8.53. The van der Waals surface area contributed by atoms with Crippen LogP contribution in [0.3, 0.4) is 0 Å². The first-order chi connectivity index (χ1) is 14.1. The summed E-state index contributed by atoms with van der Waals surface area (Å²) in [6.07, 6.45) is -4.62. The number of nitro benzene ring substituents is 1. The fraction of sp³-hybridized carbons (Fsp3) is 0.167. The molecule has 3 aromatic rings. The van der Waals surface area contributed by atoms with Crippen molar-refractivity contribution in [3.63, 3.8) is 0 Å². The van der Waals surface area contributed by atoms with E-state index in [-0.39, 0.29) is 41.2 Å². The highest BCUT2D eigenvalue weighted by molar-refractivity contribution is 5.95. The number of halogens is 3. The summed E-state index contributed by atoms with van der Waals surface area (Å²) in [5.74, 6) is -1.05. The third-order valence-electron chi connectivity index (χ3n) is 4.04. The van der Waals surface area contributed by atoms with Crippen molar-refractivity contribution >= 4 is 34.5 Å². The number of hydrogen-bond donors (Lipinski definition) is 3. The highest BCUT2D eigenvalue weighted by Gasteiger charge is 2.30. The second kappa shape index (κ2) is 8.19.